The molecule has 1 heterocycles. The van der Waals surface area contributed by atoms with Crippen LogP contribution in [0.3, 0.4) is 0 Å². The molecule has 6 heteroatoms. The molecule has 1 saturated heterocycles. The van der Waals surface area contributed by atoms with Crippen LogP contribution in [0.4, 0.5) is 13.2 Å². The molecule has 0 radical (unpaired) electrons. The predicted molar refractivity (Wildman–Crippen MR) is 93.2 cm³/mol. The molecule has 0 amide bonds. The number of halogens is 3. The minimum atomic E-state index is -4.26. The third-order valence-electron chi connectivity index (χ3n) is 4.99. The number of rotatable bonds is 5. The van der Waals surface area contributed by atoms with Gasteiger partial charge in [-0.1, -0.05) is 24.3 Å². The Kier molecular flexibility index (Phi) is 5.84. The summed E-state index contributed by atoms with van der Waals surface area (Å²) in [6, 6.07) is 13.7. The van der Waals surface area contributed by atoms with Gasteiger partial charge in [0.1, 0.15) is 45.0 Å². The molecule has 3 nitrogen and oxygen atoms in total. The fourth-order valence-corrected chi connectivity index (χ4v) is 3.48. The highest BCUT2D eigenvalue weighted by atomic mass is 19.4. The van der Waals surface area contributed by atoms with Crippen LogP contribution in [0.1, 0.15) is 16.7 Å². The van der Waals surface area contributed by atoms with E-state index in [1.165, 1.54) is 27.5 Å². The third kappa shape index (κ3) is 4.99. The van der Waals surface area contributed by atoms with E-state index >= 15 is 0 Å². The van der Waals surface area contributed by atoms with Crippen molar-refractivity contribution in [3.8, 4) is 5.75 Å². The van der Waals surface area contributed by atoms with E-state index in [1.807, 2.05) is 12.1 Å². The van der Waals surface area contributed by atoms with Crippen molar-refractivity contribution in [1.82, 2.24) is 0 Å². The van der Waals surface area contributed by atoms with Crippen LogP contribution in [0.2, 0.25) is 0 Å². The summed E-state index contributed by atoms with van der Waals surface area (Å²) in [4.78, 5) is 2.97. The van der Waals surface area contributed by atoms with Crippen molar-refractivity contribution >= 4 is 0 Å². The number of methoxy groups -OCH3 is 1. The van der Waals surface area contributed by atoms with E-state index in [1.54, 1.807) is 19.2 Å². The van der Waals surface area contributed by atoms with Crippen LogP contribution in [0.5, 0.6) is 5.75 Å². The topological polar surface area (TPSA) is 18.1 Å². The van der Waals surface area contributed by atoms with Crippen LogP contribution >= 0.6 is 0 Å². The summed E-state index contributed by atoms with van der Waals surface area (Å²) >= 11 is 0. The molecule has 26 heavy (non-hydrogen) atoms. The maximum atomic E-state index is 12.6. The quantitative estimate of drug-likeness (QED) is 0.814. The molecule has 1 fully saturated rings. The second-order valence-electron chi connectivity index (χ2n) is 6.90. The molecule has 0 aromatic heterocycles. The molecule has 0 aliphatic carbocycles. The lowest BCUT2D eigenvalue weighted by molar-refractivity contribution is -1.02. The Labute approximate surface area is 152 Å². The number of nitrogens with one attached hydrogen (secondary N) is 2. The van der Waals surface area contributed by atoms with Crippen molar-refractivity contribution < 1.29 is 27.7 Å². The van der Waals surface area contributed by atoms with Crippen molar-refractivity contribution in [2.45, 2.75) is 19.3 Å². The van der Waals surface area contributed by atoms with E-state index in [0.29, 0.717) is 0 Å². The summed E-state index contributed by atoms with van der Waals surface area (Å²) in [5.41, 5.74) is 1.65. The molecular formula is C20H25F3N2O+2. The Bertz CT molecular complexity index is 708. The van der Waals surface area contributed by atoms with Gasteiger partial charge in [0.05, 0.1) is 12.7 Å². The lowest BCUT2D eigenvalue weighted by Gasteiger charge is -2.30. The first-order valence-electron chi connectivity index (χ1n) is 8.90. The van der Waals surface area contributed by atoms with E-state index in [2.05, 4.69) is 12.1 Å². The SMILES string of the molecule is COc1cccc(C[NH+]2CC[NH+](Cc3ccc(C(F)(F)F)cc3)CC2)c1. The van der Waals surface area contributed by atoms with Gasteiger partial charge >= 0.3 is 6.18 Å². The van der Waals surface area contributed by atoms with Crippen molar-refractivity contribution in [1.29, 1.82) is 0 Å². The molecule has 140 valence electrons. The molecule has 3 rings (SSSR count). The fraction of sp³-hybridized carbons (Fsp3) is 0.400. The number of benzene rings is 2. The van der Waals surface area contributed by atoms with Crippen molar-refractivity contribution in [3.63, 3.8) is 0 Å². The molecular weight excluding hydrogens is 341 g/mol. The maximum absolute atomic E-state index is 12.6. The van der Waals surface area contributed by atoms with E-state index in [4.69, 9.17) is 4.74 Å². The second kappa shape index (κ2) is 8.10. The number of alkyl halides is 3. The second-order valence-corrected chi connectivity index (χ2v) is 6.90. The van der Waals surface area contributed by atoms with Crippen molar-refractivity contribution in [2.75, 3.05) is 33.3 Å². The van der Waals surface area contributed by atoms with Gasteiger partial charge in [-0.3, -0.25) is 0 Å². The van der Waals surface area contributed by atoms with Crippen molar-refractivity contribution in [3.05, 3.63) is 65.2 Å². The Hall–Kier alpha value is -2.05. The molecule has 1 aliphatic heterocycles. The van der Waals surface area contributed by atoms with Crippen LogP contribution in [0.15, 0.2) is 48.5 Å². The minimum Gasteiger partial charge on any atom is -0.497 e. The Morgan fingerprint density at radius 2 is 1.42 bits per heavy atom. The van der Waals surface area contributed by atoms with Crippen LogP contribution in [0, 0.1) is 0 Å². The summed E-state index contributed by atoms with van der Waals surface area (Å²) in [6.07, 6.45) is -4.26. The van der Waals surface area contributed by atoms with E-state index in [0.717, 1.165) is 50.6 Å². The summed E-state index contributed by atoms with van der Waals surface area (Å²) in [5, 5.41) is 0. The van der Waals surface area contributed by atoms with Gasteiger partial charge in [-0.2, -0.15) is 13.2 Å². The highest BCUT2D eigenvalue weighted by molar-refractivity contribution is 5.27. The zero-order valence-corrected chi connectivity index (χ0v) is 14.9. The summed E-state index contributed by atoms with van der Waals surface area (Å²) in [6.45, 7) is 5.94. The average Bonchev–Trinajstić information content (AvgIpc) is 2.63. The Morgan fingerprint density at radius 3 is 1.96 bits per heavy atom. The minimum absolute atomic E-state index is 0.580. The molecule has 2 aromatic rings. The summed E-state index contributed by atoms with van der Waals surface area (Å²) < 4.78 is 43.2. The third-order valence-corrected chi connectivity index (χ3v) is 4.99. The van der Waals surface area contributed by atoms with E-state index < -0.39 is 11.7 Å². The Balaban J connectivity index is 1.49. The lowest BCUT2D eigenvalue weighted by atomic mass is 10.1. The van der Waals surface area contributed by atoms with Gasteiger partial charge in [0.15, 0.2) is 0 Å². The van der Waals surface area contributed by atoms with E-state index in [9.17, 15) is 13.2 Å². The fourth-order valence-electron chi connectivity index (χ4n) is 3.48. The number of hydrogen-bond acceptors (Lipinski definition) is 1. The molecule has 0 bridgehead atoms. The normalized spacial score (nSPS) is 20.8. The molecule has 0 atom stereocenters. The highest BCUT2D eigenvalue weighted by Crippen LogP contribution is 2.28. The largest absolute Gasteiger partial charge is 0.497 e. The molecule has 0 saturated carbocycles. The zero-order chi connectivity index (χ0) is 18.6. The van der Waals surface area contributed by atoms with Gasteiger partial charge in [-0.15, -0.1) is 0 Å². The predicted octanol–water partition coefficient (Wildman–Crippen LogP) is 1.20. The summed E-state index contributed by atoms with van der Waals surface area (Å²) in [5.74, 6) is 0.883. The highest BCUT2D eigenvalue weighted by Gasteiger charge is 2.30. The molecule has 1 aliphatic rings. The van der Waals surface area contributed by atoms with Gasteiger partial charge in [-0.05, 0) is 24.3 Å². The first kappa shape index (κ1) is 18.7. The zero-order valence-electron chi connectivity index (χ0n) is 14.9. The van der Waals surface area contributed by atoms with Gasteiger partial charge in [0.2, 0.25) is 0 Å². The van der Waals surface area contributed by atoms with Crippen LogP contribution in [-0.2, 0) is 19.3 Å². The monoisotopic (exact) mass is 366 g/mol. The number of hydrogen-bond donors (Lipinski definition) is 2. The molecule has 2 N–H and O–H groups in total. The van der Waals surface area contributed by atoms with Crippen molar-refractivity contribution in [2.24, 2.45) is 0 Å². The lowest BCUT2D eigenvalue weighted by Crippen LogP contribution is -3.27. The van der Waals surface area contributed by atoms with Crippen LogP contribution < -0.4 is 14.5 Å². The smallest absolute Gasteiger partial charge is 0.416 e. The standard InChI is InChI=1S/C20H23F3N2O/c1-26-19-4-2-3-17(13-19)15-25-11-9-24(10-12-25)14-16-5-7-18(8-6-16)20(21,22)23/h2-8,13H,9-12,14-15H2,1H3/p+2. The average molecular weight is 366 g/mol. The molecule has 0 spiro atoms. The first-order valence-corrected chi connectivity index (χ1v) is 8.90. The van der Waals surface area contributed by atoms with Gasteiger partial charge < -0.3 is 14.5 Å². The van der Waals surface area contributed by atoms with Gasteiger partial charge in [0, 0.05) is 11.1 Å². The first-order chi connectivity index (χ1) is 12.4. The van der Waals surface area contributed by atoms with E-state index in [-0.39, 0.29) is 0 Å². The number of quaternary nitrogens is 2. The van der Waals surface area contributed by atoms with Gasteiger partial charge in [0.25, 0.3) is 0 Å². The molecule has 2 aromatic carbocycles. The summed E-state index contributed by atoms with van der Waals surface area (Å²) in [7, 11) is 1.68. The van der Waals surface area contributed by atoms with Crippen LogP contribution in [0.25, 0.3) is 0 Å². The maximum Gasteiger partial charge on any atom is 0.416 e. The number of ether oxygens (including phenoxy) is 1. The Morgan fingerprint density at radius 1 is 0.846 bits per heavy atom. The van der Waals surface area contributed by atoms with Gasteiger partial charge in [-0.25, -0.2) is 0 Å². The number of piperazine rings is 1. The molecule has 0 unspecified atom stereocenters. The van der Waals surface area contributed by atoms with Crippen LogP contribution in [-0.4, -0.2) is 33.3 Å².